The van der Waals surface area contributed by atoms with Crippen LogP contribution in [0.25, 0.3) is 0 Å². The molecule has 0 aliphatic rings. The minimum atomic E-state index is -1.47. The van der Waals surface area contributed by atoms with E-state index in [0.29, 0.717) is 17.0 Å². The van der Waals surface area contributed by atoms with Gasteiger partial charge in [-0.05, 0) is 43.6 Å². The number of benzene rings is 2. The predicted octanol–water partition coefficient (Wildman–Crippen LogP) is 1.95. The highest BCUT2D eigenvalue weighted by molar-refractivity contribution is 6.58. The second kappa shape index (κ2) is 6.46. The van der Waals surface area contributed by atoms with Crippen LogP contribution in [0.3, 0.4) is 0 Å². The first-order valence-corrected chi connectivity index (χ1v) is 6.45. The van der Waals surface area contributed by atoms with Gasteiger partial charge in [-0.15, -0.1) is 0 Å². The Balaban J connectivity index is 2.09. The lowest BCUT2D eigenvalue weighted by Crippen LogP contribution is -2.29. The summed E-state index contributed by atoms with van der Waals surface area (Å²) in [4.78, 5) is 0. The van der Waals surface area contributed by atoms with Crippen molar-refractivity contribution in [2.75, 3.05) is 0 Å². The summed E-state index contributed by atoms with van der Waals surface area (Å²) in [6.45, 7) is 3.93. The summed E-state index contributed by atoms with van der Waals surface area (Å²) in [7, 11) is -1.47. The first-order chi connectivity index (χ1) is 9.54. The van der Waals surface area contributed by atoms with Crippen LogP contribution in [0.2, 0.25) is 0 Å². The topological polar surface area (TPSA) is 58.9 Å². The van der Waals surface area contributed by atoms with Gasteiger partial charge in [0.2, 0.25) is 0 Å². The molecular weight excluding hydrogens is 255 g/mol. The van der Waals surface area contributed by atoms with Crippen molar-refractivity contribution in [3.63, 3.8) is 0 Å². The molecule has 2 aromatic rings. The van der Waals surface area contributed by atoms with Gasteiger partial charge in [-0.1, -0.05) is 18.2 Å². The zero-order valence-electron chi connectivity index (χ0n) is 11.5. The zero-order valence-corrected chi connectivity index (χ0v) is 11.5. The number of hydrogen-bond acceptors (Lipinski definition) is 4. The maximum atomic E-state index is 9.02. The molecule has 0 fully saturated rings. The Hall–Kier alpha value is -1.98. The van der Waals surface area contributed by atoms with E-state index >= 15 is 0 Å². The Morgan fingerprint density at radius 2 is 1.55 bits per heavy atom. The molecule has 0 aromatic heterocycles. The SMILES string of the molecule is CC(C)Oc1cccc(Oc2ccc(B(O)O)cc2)c1. The summed E-state index contributed by atoms with van der Waals surface area (Å²) in [6, 6.07) is 14.0. The highest BCUT2D eigenvalue weighted by Crippen LogP contribution is 2.25. The first kappa shape index (κ1) is 14.4. The fourth-order valence-electron chi connectivity index (χ4n) is 1.73. The monoisotopic (exact) mass is 272 g/mol. The quantitative estimate of drug-likeness (QED) is 0.817. The molecule has 2 N–H and O–H groups in total. The number of hydrogen-bond donors (Lipinski definition) is 2. The summed E-state index contributed by atoms with van der Waals surface area (Å²) in [5.41, 5.74) is 0.425. The van der Waals surface area contributed by atoms with Crippen LogP contribution in [0.5, 0.6) is 17.2 Å². The fraction of sp³-hybridized carbons (Fsp3) is 0.200. The van der Waals surface area contributed by atoms with Crippen molar-refractivity contribution >= 4 is 12.6 Å². The summed E-state index contributed by atoms with van der Waals surface area (Å²) in [5.74, 6) is 2.04. The van der Waals surface area contributed by atoms with Crippen LogP contribution < -0.4 is 14.9 Å². The maximum absolute atomic E-state index is 9.02. The largest absolute Gasteiger partial charge is 0.491 e. The van der Waals surface area contributed by atoms with Gasteiger partial charge < -0.3 is 19.5 Å². The van der Waals surface area contributed by atoms with E-state index in [-0.39, 0.29) is 6.10 Å². The lowest BCUT2D eigenvalue weighted by molar-refractivity contribution is 0.241. The van der Waals surface area contributed by atoms with Crippen LogP contribution >= 0.6 is 0 Å². The van der Waals surface area contributed by atoms with Crippen LogP contribution in [0.15, 0.2) is 48.5 Å². The molecule has 0 aliphatic carbocycles. The highest BCUT2D eigenvalue weighted by atomic mass is 16.5. The Morgan fingerprint density at radius 3 is 2.15 bits per heavy atom. The molecule has 0 saturated carbocycles. The highest BCUT2D eigenvalue weighted by Gasteiger charge is 2.10. The second-order valence-corrected chi connectivity index (χ2v) is 4.69. The molecule has 0 bridgehead atoms. The molecule has 4 nitrogen and oxygen atoms in total. The van der Waals surface area contributed by atoms with Gasteiger partial charge in [-0.2, -0.15) is 0 Å². The van der Waals surface area contributed by atoms with E-state index in [1.165, 1.54) is 0 Å². The normalized spacial score (nSPS) is 10.4. The minimum absolute atomic E-state index is 0.107. The molecule has 0 heterocycles. The first-order valence-electron chi connectivity index (χ1n) is 6.45. The van der Waals surface area contributed by atoms with Gasteiger partial charge in [0.05, 0.1) is 6.10 Å². The lowest BCUT2D eigenvalue weighted by Gasteiger charge is -2.11. The van der Waals surface area contributed by atoms with E-state index in [1.807, 2.05) is 38.1 Å². The Bertz CT molecular complexity index is 552. The van der Waals surface area contributed by atoms with Crippen molar-refractivity contribution in [3.8, 4) is 17.2 Å². The van der Waals surface area contributed by atoms with Gasteiger partial charge in [0.15, 0.2) is 0 Å². The maximum Gasteiger partial charge on any atom is 0.488 e. The fourth-order valence-corrected chi connectivity index (χ4v) is 1.73. The van der Waals surface area contributed by atoms with Crippen molar-refractivity contribution < 1.29 is 19.5 Å². The van der Waals surface area contributed by atoms with Gasteiger partial charge in [-0.3, -0.25) is 0 Å². The average Bonchev–Trinajstić information content (AvgIpc) is 2.39. The van der Waals surface area contributed by atoms with E-state index in [9.17, 15) is 0 Å². The molecule has 0 atom stereocenters. The molecule has 0 unspecified atom stereocenters. The molecule has 104 valence electrons. The predicted molar refractivity (Wildman–Crippen MR) is 78.5 cm³/mol. The Morgan fingerprint density at radius 1 is 0.900 bits per heavy atom. The van der Waals surface area contributed by atoms with Gasteiger partial charge >= 0.3 is 7.12 Å². The number of rotatable bonds is 5. The molecule has 0 amide bonds. The molecular formula is C15H17BO4. The third kappa shape index (κ3) is 4.01. The van der Waals surface area contributed by atoms with Crippen LogP contribution in [0, 0.1) is 0 Å². The van der Waals surface area contributed by atoms with E-state index in [1.54, 1.807) is 24.3 Å². The van der Waals surface area contributed by atoms with Crippen molar-refractivity contribution in [3.05, 3.63) is 48.5 Å². The van der Waals surface area contributed by atoms with Crippen molar-refractivity contribution in [2.45, 2.75) is 20.0 Å². The molecule has 5 heteroatoms. The van der Waals surface area contributed by atoms with Gasteiger partial charge in [0.1, 0.15) is 17.2 Å². The van der Waals surface area contributed by atoms with Gasteiger partial charge in [-0.25, -0.2) is 0 Å². The average molecular weight is 272 g/mol. The molecule has 2 rings (SSSR count). The van der Waals surface area contributed by atoms with E-state index in [4.69, 9.17) is 19.5 Å². The third-order valence-electron chi connectivity index (χ3n) is 2.59. The summed E-state index contributed by atoms with van der Waals surface area (Å²) >= 11 is 0. The molecule has 0 saturated heterocycles. The lowest BCUT2D eigenvalue weighted by atomic mass is 9.80. The van der Waals surface area contributed by atoms with Gasteiger partial charge in [0.25, 0.3) is 0 Å². The smallest absolute Gasteiger partial charge is 0.488 e. The molecule has 2 aromatic carbocycles. The zero-order chi connectivity index (χ0) is 14.5. The number of ether oxygens (including phenoxy) is 2. The standard InChI is InChI=1S/C15H17BO4/c1-11(2)19-14-4-3-5-15(10-14)20-13-8-6-12(7-9-13)16(17)18/h3-11,17-18H,1-2H3. The summed E-state index contributed by atoms with van der Waals surface area (Å²) in [5, 5.41) is 18.0. The van der Waals surface area contributed by atoms with Crippen molar-refractivity contribution in [2.24, 2.45) is 0 Å². The van der Waals surface area contributed by atoms with Gasteiger partial charge in [0, 0.05) is 6.07 Å². The molecule has 0 aliphatic heterocycles. The molecule has 0 spiro atoms. The van der Waals surface area contributed by atoms with Crippen LogP contribution in [0.4, 0.5) is 0 Å². The summed E-state index contributed by atoms with van der Waals surface area (Å²) < 4.78 is 11.3. The Labute approximate surface area is 118 Å². The van der Waals surface area contributed by atoms with Crippen LogP contribution in [-0.4, -0.2) is 23.3 Å². The Kier molecular flexibility index (Phi) is 4.66. The van der Waals surface area contributed by atoms with E-state index < -0.39 is 7.12 Å². The van der Waals surface area contributed by atoms with Crippen molar-refractivity contribution in [1.82, 2.24) is 0 Å². The summed E-state index contributed by atoms with van der Waals surface area (Å²) in [6.07, 6.45) is 0.107. The second-order valence-electron chi connectivity index (χ2n) is 4.69. The van der Waals surface area contributed by atoms with E-state index in [0.717, 1.165) is 5.75 Å². The molecule has 20 heavy (non-hydrogen) atoms. The van der Waals surface area contributed by atoms with E-state index in [2.05, 4.69) is 0 Å². The minimum Gasteiger partial charge on any atom is -0.491 e. The third-order valence-corrected chi connectivity index (χ3v) is 2.59. The van der Waals surface area contributed by atoms with Crippen LogP contribution in [0.1, 0.15) is 13.8 Å². The molecule has 0 radical (unpaired) electrons. The van der Waals surface area contributed by atoms with Crippen molar-refractivity contribution in [1.29, 1.82) is 0 Å². The van der Waals surface area contributed by atoms with Crippen LogP contribution in [-0.2, 0) is 0 Å².